The van der Waals surface area contributed by atoms with Crippen molar-refractivity contribution in [3.63, 3.8) is 0 Å². The molecule has 0 amide bonds. The highest BCUT2D eigenvalue weighted by molar-refractivity contribution is 5.94. The molecule has 14 heavy (non-hydrogen) atoms. The first-order valence-corrected chi connectivity index (χ1v) is 4.94. The first kappa shape index (κ1) is 10.7. The van der Waals surface area contributed by atoms with E-state index in [4.69, 9.17) is 0 Å². The highest BCUT2D eigenvalue weighted by atomic mass is 16.1. The Balaban J connectivity index is 2.46. The Morgan fingerprint density at radius 2 is 1.93 bits per heavy atom. The molecule has 0 saturated heterocycles. The summed E-state index contributed by atoms with van der Waals surface area (Å²) in [6.07, 6.45) is 3.32. The summed E-state index contributed by atoms with van der Waals surface area (Å²) in [5.74, 6) is 0.247. The number of hydrogen-bond donors (Lipinski definition) is 0. The van der Waals surface area contributed by atoms with Crippen molar-refractivity contribution in [3.8, 4) is 0 Å². The number of benzene rings is 1. The third kappa shape index (κ3) is 3.17. The predicted molar refractivity (Wildman–Crippen MR) is 59.2 cm³/mol. The molecule has 74 valence electrons. The number of hydrogen-bond acceptors (Lipinski definition) is 1. The van der Waals surface area contributed by atoms with Crippen LogP contribution >= 0.6 is 0 Å². The summed E-state index contributed by atoms with van der Waals surface area (Å²) in [4.78, 5) is 11.5. The predicted octanol–water partition coefficient (Wildman–Crippen LogP) is 3.15. The van der Waals surface area contributed by atoms with E-state index in [1.807, 2.05) is 38.1 Å². The Kier molecular flexibility index (Phi) is 4.11. The summed E-state index contributed by atoms with van der Waals surface area (Å²) in [5, 5.41) is 0. The van der Waals surface area contributed by atoms with Gasteiger partial charge in [0.25, 0.3) is 0 Å². The molecule has 1 rings (SSSR count). The topological polar surface area (TPSA) is 17.1 Å². The third-order valence-corrected chi connectivity index (χ3v) is 2.36. The quantitative estimate of drug-likeness (QED) is 0.663. The molecule has 0 heterocycles. The van der Waals surface area contributed by atoms with E-state index in [1.54, 1.807) is 0 Å². The molecule has 1 heteroatoms. The largest absolute Gasteiger partial charge is 0.295 e. The van der Waals surface area contributed by atoms with Crippen LogP contribution in [0.3, 0.4) is 0 Å². The van der Waals surface area contributed by atoms with Gasteiger partial charge in [-0.2, -0.15) is 0 Å². The number of Topliss-reactive ketones (excluding diaryl/α,β-unsaturated/α-hetero) is 1. The van der Waals surface area contributed by atoms with Crippen LogP contribution in [-0.4, -0.2) is 5.78 Å². The monoisotopic (exact) mass is 188 g/mol. The van der Waals surface area contributed by atoms with Crippen molar-refractivity contribution in [2.45, 2.75) is 26.7 Å². The van der Waals surface area contributed by atoms with Crippen LogP contribution in [0.4, 0.5) is 0 Å². The molecule has 0 atom stereocenters. The van der Waals surface area contributed by atoms with Crippen molar-refractivity contribution in [1.29, 1.82) is 0 Å². The summed E-state index contributed by atoms with van der Waals surface area (Å²) in [5.41, 5.74) is 2.09. The lowest BCUT2D eigenvalue weighted by Gasteiger charge is -2.00. The van der Waals surface area contributed by atoms with Crippen LogP contribution in [-0.2, 0) is 11.2 Å². The molecule has 1 aromatic rings. The minimum Gasteiger partial charge on any atom is -0.295 e. The lowest BCUT2D eigenvalue weighted by Crippen LogP contribution is -2.01. The molecule has 0 fully saturated rings. The van der Waals surface area contributed by atoms with Gasteiger partial charge in [-0.1, -0.05) is 36.4 Å². The van der Waals surface area contributed by atoms with Crippen molar-refractivity contribution in [2.75, 3.05) is 0 Å². The second-order valence-corrected chi connectivity index (χ2v) is 3.38. The first-order chi connectivity index (χ1) is 6.74. The van der Waals surface area contributed by atoms with E-state index in [0.717, 1.165) is 12.0 Å². The Bertz CT molecular complexity index is 322. The standard InChI is InChI=1S/C13H16O/c1-3-11(2)13(14)10-9-12-7-5-4-6-8-12/h3-8H,9-10H2,1-2H3/b11-3+. The molecule has 0 aliphatic carbocycles. The van der Waals surface area contributed by atoms with Gasteiger partial charge in [-0.25, -0.2) is 0 Å². The molecule has 0 bridgehead atoms. The minimum absolute atomic E-state index is 0.247. The zero-order chi connectivity index (χ0) is 10.4. The fourth-order valence-corrected chi connectivity index (χ4v) is 1.26. The lowest BCUT2D eigenvalue weighted by atomic mass is 10.0. The molecule has 0 spiro atoms. The number of carbonyl (C=O) groups is 1. The maximum atomic E-state index is 11.5. The van der Waals surface area contributed by atoms with Gasteiger partial charge in [0.15, 0.2) is 5.78 Å². The van der Waals surface area contributed by atoms with Gasteiger partial charge in [-0.15, -0.1) is 0 Å². The van der Waals surface area contributed by atoms with E-state index >= 15 is 0 Å². The van der Waals surface area contributed by atoms with Crippen LogP contribution in [0.2, 0.25) is 0 Å². The van der Waals surface area contributed by atoms with E-state index in [9.17, 15) is 4.79 Å². The van der Waals surface area contributed by atoms with Crippen molar-refractivity contribution < 1.29 is 4.79 Å². The normalized spacial score (nSPS) is 11.4. The SMILES string of the molecule is C/C=C(\C)C(=O)CCc1ccccc1. The summed E-state index contributed by atoms with van der Waals surface area (Å²) in [6, 6.07) is 10.1. The van der Waals surface area contributed by atoms with Crippen molar-refractivity contribution in [1.82, 2.24) is 0 Å². The molecule has 0 aromatic heterocycles. The smallest absolute Gasteiger partial charge is 0.158 e. The van der Waals surface area contributed by atoms with Crippen molar-refractivity contribution in [2.24, 2.45) is 0 Å². The number of carbonyl (C=O) groups excluding carboxylic acids is 1. The highest BCUT2D eigenvalue weighted by Gasteiger charge is 2.03. The van der Waals surface area contributed by atoms with Crippen molar-refractivity contribution in [3.05, 3.63) is 47.5 Å². The molecule has 0 aliphatic heterocycles. The maximum Gasteiger partial charge on any atom is 0.158 e. The molecular formula is C13H16O. The highest BCUT2D eigenvalue weighted by Crippen LogP contribution is 2.06. The maximum absolute atomic E-state index is 11.5. The van der Waals surface area contributed by atoms with Crippen LogP contribution in [0.15, 0.2) is 42.0 Å². The average Bonchev–Trinajstić information content (AvgIpc) is 2.26. The molecule has 0 aliphatic rings. The van der Waals surface area contributed by atoms with E-state index in [0.29, 0.717) is 6.42 Å². The first-order valence-electron chi connectivity index (χ1n) is 4.94. The molecular weight excluding hydrogens is 172 g/mol. The van der Waals surface area contributed by atoms with Gasteiger partial charge in [-0.3, -0.25) is 4.79 Å². The van der Waals surface area contributed by atoms with Gasteiger partial charge in [0, 0.05) is 6.42 Å². The van der Waals surface area contributed by atoms with Gasteiger partial charge in [-0.05, 0) is 31.4 Å². The molecule has 0 N–H and O–H groups in total. The van der Waals surface area contributed by atoms with E-state index in [1.165, 1.54) is 5.56 Å². The van der Waals surface area contributed by atoms with Gasteiger partial charge in [0.2, 0.25) is 0 Å². The van der Waals surface area contributed by atoms with Gasteiger partial charge < -0.3 is 0 Å². The fourth-order valence-electron chi connectivity index (χ4n) is 1.26. The average molecular weight is 188 g/mol. The summed E-state index contributed by atoms with van der Waals surface area (Å²) >= 11 is 0. The zero-order valence-electron chi connectivity index (χ0n) is 8.79. The Hall–Kier alpha value is -1.37. The molecule has 0 radical (unpaired) electrons. The van der Waals surface area contributed by atoms with Crippen LogP contribution in [0.25, 0.3) is 0 Å². The van der Waals surface area contributed by atoms with E-state index in [-0.39, 0.29) is 5.78 Å². The number of aryl methyl sites for hydroxylation is 1. The number of ketones is 1. The van der Waals surface area contributed by atoms with E-state index < -0.39 is 0 Å². The van der Waals surface area contributed by atoms with Crippen LogP contribution in [0.1, 0.15) is 25.8 Å². The fraction of sp³-hybridized carbons (Fsp3) is 0.308. The lowest BCUT2D eigenvalue weighted by molar-refractivity contribution is -0.115. The molecule has 0 saturated carbocycles. The van der Waals surface area contributed by atoms with Crippen LogP contribution < -0.4 is 0 Å². The van der Waals surface area contributed by atoms with Gasteiger partial charge >= 0.3 is 0 Å². The summed E-state index contributed by atoms with van der Waals surface area (Å²) in [6.45, 7) is 3.77. The summed E-state index contributed by atoms with van der Waals surface area (Å²) in [7, 11) is 0. The number of rotatable bonds is 4. The van der Waals surface area contributed by atoms with Crippen molar-refractivity contribution >= 4 is 5.78 Å². The Morgan fingerprint density at radius 1 is 1.29 bits per heavy atom. The summed E-state index contributed by atoms with van der Waals surface area (Å²) < 4.78 is 0. The third-order valence-electron chi connectivity index (χ3n) is 2.36. The molecule has 1 aromatic carbocycles. The number of allylic oxidation sites excluding steroid dienone is 2. The second-order valence-electron chi connectivity index (χ2n) is 3.38. The van der Waals surface area contributed by atoms with Gasteiger partial charge in [0.1, 0.15) is 0 Å². The Labute approximate surface area is 85.5 Å². The minimum atomic E-state index is 0.247. The zero-order valence-corrected chi connectivity index (χ0v) is 8.79. The van der Waals surface area contributed by atoms with Gasteiger partial charge in [0.05, 0.1) is 0 Å². The Morgan fingerprint density at radius 3 is 2.50 bits per heavy atom. The van der Waals surface area contributed by atoms with Crippen LogP contribution in [0.5, 0.6) is 0 Å². The molecule has 1 nitrogen and oxygen atoms in total. The molecule has 0 unspecified atom stereocenters. The van der Waals surface area contributed by atoms with Crippen LogP contribution in [0, 0.1) is 0 Å². The second kappa shape index (κ2) is 5.38. The van der Waals surface area contributed by atoms with E-state index in [2.05, 4.69) is 12.1 Å².